The van der Waals surface area contributed by atoms with Gasteiger partial charge < -0.3 is 43.8 Å². The van der Waals surface area contributed by atoms with Crippen molar-refractivity contribution in [3.05, 3.63) is 413 Å². The largest absolute Gasteiger partial charge is 0.458 e. The number of nitrogens with zero attached hydrogens (tertiary/aromatic N) is 7. The molecule has 2 aromatic heterocycles. The van der Waals surface area contributed by atoms with Crippen LogP contribution in [-0.4, -0.2) is 20.1 Å². The molecule has 8 heterocycles. The Morgan fingerprint density at radius 3 is 0.792 bits per heavy atom. The van der Waals surface area contributed by atoms with E-state index in [0.717, 1.165) is 147 Å². The molecule has 9 nitrogen and oxygen atoms in total. The van der Waals surface area contributed by atoms with E-state index < -0.39 is 6.71 Å². The van der Waals surface area contributed by atoms with Crippen molar-refractivity contribution in [3.8, 4) is 23.0 Å². The molecule has 0 saturated carbocycles. The Bertz CT molecular complexity index is 6780. The summed E-state index contributed by atoms with van der Waals surface area (Å²) >= 11 is 3.83. The first-order chi connectivity index (χ1) is 59.6. The number of anilines is 21. The van der Waals surface area contributed by atoms with Gasteiger partial charge in [-0.2, -0.15) is 0 Å². The van der Waals surface area contributed by atoms with E-state index in [9.17, 15) is 0 Å². The number of fused-ring (bicyclic) bond motifs is 16. The minimum Gasteiger partial charge on any atom is -0.458 e. The lowest BCUT2D eigenvalue weighted by Crippen LogP contribution is -2.64. The van der Waals surface area contributed by atoms with Crippen molar-refractivity contribution in [2.24, 2.45) is 0 Å². The van der Waals surface area contributed by atoms with Crippen LogP contribution in [0.15, 0.2) is 413 Å². The molecule has 560 valence electrons. The molecule has 17 aromatic carbocycles. The molecule has 0 N–H and O–H groups in total. The minimum absolute atomic E-state index is 0.255. The third-order valence-electron chi connectivity index (χ3n) is 24.7. The van der Waals surface area contributed by atoms with Gasteiger partial charge in [0, 0.05) is 150 Å². The summed E-state index contributed by atoms with van der Waals surface area (Å²) in [4.78, 5) is 17.4. The van der Waals surface area contributed by atoms with Gasteiger partial charge in [-0.05, 0) is 191 Å². The van der Waals surface area contributed by atoms with Crippen LogP contribution in [0.1, 0.15) is 0 Å². The molecule has 6 aliphatic heterocycles. The zero-order chi connectivity index (χ0) is 78.6. The molecule has 120 heavy (non-hydrogen) atoms. The number of ether oxygens (including phenoxy) is 2. The van der Waals surface area contributed by atoms with Crippen molar-refractivity contribution in [2.45, 2.75) is 0 Å². The quantitative estimate of drug-likeness (QED) is 0.105. The molecule has 0 spiro atoms. The molecule has 25 rings (SSSR count). The first kappa shape index (κ1) is 68.3. The van der Waals surface area contributed by atoms with Crippen LogP contribution in [0.5, 0.6) is 23.0 Å². The first-order valence-electron chi connectivity index (χ1n) is 41.0. The zero-order valence-corrected chi connectivity index (χ0v) is 66.4. The average Bonchev–Trinajstić information content (AvgIpc) is 1.23. The molecular formula is C106H68B3N7O2S2. The summed E-state index contributed by atoms with van der Waals surface area (Å²) in [7, 11) is 0. The Hall–Kier alpha value is -14.9. The Labute approximate surface area is 704 Å². The van der Waals surface area contributed by atoms with Gasteiger partial charge in [-0.1, -0.05) is 231 Å². The Morgan fingerprint density at radius 1 is 0.208 bits per heavy atom. The van der Waals surface area contributed by atoms with Gasteiger partial charge in [0.2, 0.25) is 0 Å². The standard InChI is InChI=1S/C106H68B3N7O2S2/c1-11-35-69(36-12-1)110(70-37-13-2-14-38-70)79-59-90-100-92(61-79)115(77-51-27-9-28-52-77)103-82-55-31-33-57-98(82)119-105(103)108(100)84-65-86-94(67-88(84)113(90)75-47-23-7-24-48-75)117-96-63-81(112(73-43-19-5-20-44-73)74-45-21-6-22-46-74)64-97-102(96)107(86)87-66-85-89(68-95(87)118-97)114(76-49-25-8-26-50-76)91-60-80(111(71-39-15-3-16-40-71)72-41-17-4-18-42-72)62-93-101(91)109(85)106-104(83-56-32-34-58-99(83)120-106)116(93)78-53-29-10-30-54-78/h1-68H. The number of para-hydroxylation sites is 10. The molecule has 0 fully saturated rings. The van der Waals surface area contributed by atoms with E-state index in [1.807, 2.05) is 22.7 Å². The van der Waals surface area contributed by atoms with Gasteiger partial charge in [-0.15, -0.1) is 22.7 Å². The highest BCUT2D eigenvalue weighted by atomic mass is 32.1. The lowest BCUT2D eigenvalue weighted by molar-refractivity contribution is 0.465. The molecule has 0 aliphatic carbocycles. The Kier molecular flexibility index (Phi) is 15.6. The predicted molar refractivity (Wildman–Crippen MR) is 507 cm³/mol. The van der Waals surface area contributed by atoms with Gasteiger partial charge in [-0.25, -0.2) is 0 Å². The summed E-state index contributed by atoms with van der Waals surface area (Å²) in [5.41, 5.74) is 30.2. The molecule has 0 amide bonds. The van der Waals surface area contributed by atoms with Gasteiger partial charge in [0.25, 0.3) is 20.1 Å². The van der Waals surface area contributed by atoms with Gasteiger partial charge in [0.15, 0.2) is 0 Å². The topological polar surface area (TPSA) is 41.1 Å². The summed E-state index contributed by atoms with van der Waals surface area (Å²) in [6, 6.07) is 151. The van der Waals surface area contributed by atoms with Crippen LogP contribution >= 0.6 is 22.7 Å². The summed E-state index contributed by atoms with van der Waals surface area (Å²) < 4.78 is 21.0. The van der Waals surface area contributed by atoms with Crippen molar-refractivity contribution in [1.29, 1.82) is 0 Å². The Morgan fingerprint density at radius 2 is 0.475 bits per heavy atom. The Balaban J connectivity index is 0.781. The maximum absolute atomic E-state index is 7.98. The fourth-order valence-electron chi connectivity index (χ4n) is 19.9. The summed E-state index contributed by atoms with van der Waals surface area (Å²) in [5.74, 6) is 3.00. The molecule has 0 atom stereocenters. The fourth-order valence-corrected chi connectivity index (χ4v) is 22.5. The lowest BCUT2D eigenvalue weighted by Gasteiger charge is -2.45. The minimum atomic E-state index is -0.413. The van der Waals surface area contributed by atoms with Crippen LogP contribution < -0.4 is 91.6 Å². The highest BCUT2D eigenvalue weighted by Crippen LogP contribution is 2.56. The first-order valence-corrected chi connectivity index (χ1v) is 42.6. The van der Waals surface area contributed by atoms with E-state index in [2.05, 4.69) is 447 Å². The van der Waals surface area contributed by atoms with E-state index >= 15 is 0 Å². The second-order valence-corrected chi connectivity index (χ2v) is 33.5. The van der Waals surface area contributed by atoms with Crippen molar-refractivity contribution >= 4 is 230 Å². The normalized spacial score (nSPS) is 13.2. The van der Waals surface area contributed by atoms with E-state index in [0.29, 0.717) is 0 Å². The highest BCUT2D eigenvalue weighted by Gasteiger charge is 2.52. The van der Waals surface area contributed by atoms with Gasteiger partial charge in [0.05, 0.1) is 28.4 Å². The molecule has 0 saturated heterocycles. The van der Waals surface area contributed by atoms with Crippen molar-refractivity contribution < 1.29 is 9.47 Å². The molecular weight excluding hydrogens is 1500 g/mol. The summed E-state index contributed by atoms with van der Waals surface area (Å²) in [6.07, 6.45) is 0. The van der Waals surface area contributed by atoms with Crippen LogP contribution in [0, 0.1) is 0 Å². The van der Waals surface area contributed by atoms with Crippen molar-refractivity contribution in [1.82, 2.24) is 0 Å². The van der Waals surface area contributed by atoms with E-state index in [-0.39, 0.29) is 13.4 Å². The second kappa shape index (κ2) is 27.3. The third kappa shape index (κ3) is 10.5. The number of hydrogen-bond donors (Lipinski definition) is 0. The average molecular weight is 1570 g/mol. The molecule has 0 unspecified atom stereocenters. The summed E-state index contributed by atoms with van der Waals surface area (Å²) in [6.45, 7) is -0.922. The molecule has 0 radical (unpaired) electrons. The van der Waals surface area contributed by atoms with Gasteiger partial charge in [-0.3, -0.25) is 0 Å². The number of rotatable bonds is 13. The van der Waals surface area contributed by atoms with Crippen molar-refractivity contribution in [2.75, 3.05) is 34.3 Å². The van der Waals surface area contributed by atoms with Crippen LogP contribution in [0.3, 0.4) is 0 Å². The third-order valence-corrected chi connectivity index (χ3v) is 27.2. The maximum Gasteiger partial charge on any atom is 0.264 e. The van der Waals surface area contributed by atoms with Gasteiger partial charge in [0.1, 0.15) is 23.0 Å². The van der Waals surface area contributed by atoms with Crippen LogP contribution in [0.4, 0.5) is 119 Å². The fraction of sp³-hybridized carbons (Fsp3) is 0. The molecule has 6 aliphatic rings. The number of hydrogen-bond acceptors (Lipinski definition) is 11. The highest BCUT2D eigenvalue weighted by molar-refractivity contribution is 7.34. The molecule has 0 bridgehead atoms. The smallest absolute Gasteiger partial charge is 0.264 e. The van der Waals surface area contributed by atoms with E-state index in [4.69, 9.17) is 9.47 Å². The second-order valence-electron chi connectivity index (χ2n) is 31.4. The SMILES string of the molecule is c1ccc(N(c2ccccc2)c2cc3c4c(c2)Oc2cc5c(cc2B4c2cc4c(cc2O3)N(c2ccccc2)c2cc(N(c3ccccc3)c3ccccc3)cc3c2B4c2sc4ccccc4c2N3c2ccccc2)B2c3sc4ccccc4c3N(c3ccccc3)c3cc(N(c4ccccc4)c4ccccc4)cc(c32)N5c2ccccc2)cc1. The van der Waals surface area contributed by atoms with Crippen LogP contribution in [0.25, 0.3) is 20.2 Å². The maximum atomic E-state index is 7.98. The van der Waals surface area contributed by atoms with Crippen molar-refractivity contribution in [3.63, 3.8) is 0 Å². The monoisotopic (exact) mass is 1570 g/mol. The summed E-state index contributed by atoms with van der Waals surface area (Å²) in [5, 5.41) is 2.42. The van der Waals surface area contributed by atoms with E-state index in [1.54, 1.807) is 0 Å². The number of thiophene rings is 2. The van der Waals surface area contributed by atoms with Crippen LogP contribution in [-0.2, 0) is 0 Å². The zero-order valence-electron chi connectivity index (χ0n) is 64.8. The van der Waals surface area contributed by atoms with E-state index in [1.165, 1.54) is 63.0 Å². The predicted octanol–water partition coefficient (Wildman–Crippen LogP) is 23.4. The lowest BCUT2D eigenvalue weighted by atomic mass is 9.31. The number of benzene rings is 17. The van der Waals surface area contributed by atoms with Crippen LogP contribution in [0.2, 0.25) is 0 Å². The molecule has 14 heteroatoms. The molecule has 19 aromatic rings. The van der Waals surface area contributed by atoms with Gasteiger partial charge >= 0.3 is 0 Å².